The number of nitrogens with two attached hydrogens (primary N) is 1. The number of amides is 1. The Balaban J connectivity index is 1.50. The van der Waals surface area contributed by atoms with E-state index in [1.54, 1.807) is 17.9 Å². The maximum atomic E-state index is 14.2. The minimum absolute atomic E-state index is 0.0187. The van der Waals surface area contributed by atoms with Crippen LogP contribution in [0.4, 0.5) is 4.79 Å². The third kappa shape index (κ3) is 6.77. The number of piperidine rings is 1. The molecule has 2 aliphatic heterocycles. The van der Waals surface area contributed by atoms with Gasteiger partial charge in [-0.1, -0.05) is 53.7 Å². The minimum Gasteiger partial charge on any atom is -0.493 e. The molecular formula is C35H48N4O7S. The molecule has 2 N–H and O–H groups in total. The van der Waals surface area contributed by atoms with Gasteiger partial charge in [-0.3, -0.25) is 0 Å². The zero-order chi connectivity index (χ0) is 34.4. The van der Waals surface area contributed by atoms with Crippen LogP contribution in [0.2, 0.25) is 0 Å². The van der Waals surface area contributed by atoms with E-state index in [0.29, 0.717) is 55.0 Å². The molecule has 0 unspecified atom stereocenters. The van der Waals surface area contributed by atoms with E-state index in [-0.39, 0.29) is 63.0 Å². The number of nitrogens with zero attached hydrogens (tertiary/aromatic N) is 3. The van der Waals surface area contributed by atoms with E-state index in [1.807, 2.05) is 46.8 Å². The number of benzene rings is 2. The summed E-state index contributed by atoms with van der Waals surface area (Å²) >= 11 is 0. The van der Waals surface area contributed by atoms with E-state index in [4.69, 9.17) is 24.1 Å². The highest BCUT2D eigenvalue weighted by Gasteiger charge is 2.48. The molecule has 0 radical (unpaired) electrons. The fourth-order valence-electron chi connectivity index (χ4n) is 6.61. The van der Waals surface area contributed by atoms with Gasteiger partial charge in [-0.15, -0.1) is 0 Å². The molecule has 47 heavy (non-hydrogen) atoms. The van der Waals surface area contributed by atoms with Gasteiger partial charge in [0.15, 0.2) is 11.5 Å². The molecule has 12 heteroatoms. The van der Waals surface area contributed by atoms with Crippen molar-refractivity contribution in [3.63, 3.8) is 0 Å². The first kappa shape index (κ1) is 34.8. The number of carbonyl (C=O) groups is 1. The first-order valence-corrected chi connectivity index (χ1v) is 17.8. The smallest absolute Gasteiger partial charge is 0.415 e. The Hall–Kier alpha value is -3.48. The van der Waals surface area contributed by atoms with Gasteiger partial charge < -0.3 is 29.0 Å². The number of aryl methyl sites for hydroxylation is 1. The van der Waals surface area contributed by atoms with Crippen molar-refractivity contribution in [3.8, 4) is 17.4 Å². The molecule has 3 aromatic rings. The van der Waals surface area contributed by atoms with Crippen LogP contribution in [0.3, 0.4) is 0 Å². The lowest BCUT2D eigenvalue weighted by atomic mass is 9.73. The third-order valence-corrected chi connectivity index (χ3v) is 11.0. The zero-order valence-corrected chi connectivity index (χ0v) is 29.7. The van der Waals surface area contributed by atoms with Crippen LogP contribution in [-0.4, -0.2) is 68.3 Å². The molecule has 2 saturated heterocycles. The Morgan fingerprint density at radius 1 is 0.979 bits per heavy atom. The number of ether oxygens (including phenoxy) is 3. The fraction of sp³-hybridized carbons (Fsp3) is 0.571. The Bertz CT molecular complexity index is 1740. The first-order chi connectivity index (χ1) is 22.1. The van der Waals surface area contributed by atoms with Crippen LogP contribution in [-0.2, 0) is 14.9 Å². The van der Waals surface area contributed by atoms with E-state index in [1.165, 1.54) is 13.2 Å². The number of rotatable bonds is 8. The van der Waals surface area contributed by atoms with Gasteiger partial charge in [0.05, 0.1) is 30.7 Å². The second kappa shape index (κ2) is 13.2. The first-order valence-electron chi connectivity index (χ1n) is 16.4. The van der Waals surface area contributed by atoms with Gasteiger partial charge in [0, 0.05) is 30.6 Å². The Morgan fingerprint density at radius 2 is 1.60 bits per heavy atom. The molecule has 2 aliphatic rings. The largest absolute Gasteiger partial charge is 0.493 e. The van der Waals surface area contributed by atoms with Crippen LogP contribution in [0.15, 0.2) is 29.2 Å². The average Bonchev–Trinajstić information content (AvgIpc) is 3.28. The van der Waals surface area contributed by atoms with Gasteiger partial charge in [-0.25, -0.2) is 9.78 Å². The summed E-state index contributed by atoms with van der Waals surface area (Å²) in [6, 6.07) is 6.92. The monoisotopic (exact) mass is 668 g/mol. The van der Waals surface area contributed by atoms with E-state index < -0.39 is 16.2 Å². The number of likely N-dealkylation sites (tertiary alicyclic amines) is 1. The summed E-state index contributed by atoms with van der Waals surface area (Å²) in [5, 5.41) is 0.263. The van der Waals surface area contributed by atoms with Crippen molar-refractivity contribution >= 4 is 27.1 Å². The molecule has 256 valence electrons. The lowest BCUT2D eigenvalue weighted by Crippen LogP contribution is -2.52. The van der Waals surface area contributed by atoms with Crippen molar-refractivity contribution in [1.29, 1.82) is 0 Å². The highest BCUT2D eigenvalue weighted by Crippen LogP contribution is 2.42. The standard InChI is InChI=1S/C35H48N4O7S/c1-19(2)24-14-25(20(3)4)31(26(15-24)21(5)6)47(41,42)46-33-27-16-30(29(43-9)17-28(27)37-23(8)38-33)45-34(40)39-12-10-35(11-13-39)18-44-22(7)32(35)36/h14-17,19-22,32H,10-13,18,36H2,1-9H3/t22-,32+/m1/s1. The Labute approximate surface area is 278 Å². The SMILES string of the molecule is COc1cc2nc(C)nc(OS(=O)(=O)c3c(C(C)C)cc(C(C)C)cc3C(C)C)c2cc1OC(=O)N1CCC2(CC1)CO[C@H](C)[C@@H]2N. The molecule has 11 nitrogen and oxygen atoms in total. The zero-order valence-electron chi connectivity index (χ0n) is 28.9. The summed E-state index contributed by atoms with van der Waals surface area (Å²) in [6.07, 6.45) is 0.852. The summed E-state index contributed by atoms with van der Waals surface area (Å²) in [5.74, 6) is 0.572. The minimum atomic E-state index is -4.36. The van der Waals surface area contributed by atoms with Gasteiger partial charge in [0.25, 0.3) is 0 Å². The lowest BCUT2D eigenvalue weighted by molar-refractivity contribution is 0.0669. The number of fused-ring (bicyclic) bond motifs is 1. The van der Waals surface area contributed by atoms with Crippen LogP contribution in [0.25, 0.3) is 10.9 Å². The Morgan fingerprint density at radius 3 is 2.11 bits per heavy atom. The van der Waals surface area contributed by atoms with Crippen LogP contribution in [0.1, 0.15) is 102 Å². The summed E-state index contributed by atoms with van der Waals surface area (Å²) in [5.41, 5.74) is 9.13. The summed E-state index contributed by atoms with van der Waals surface area (Å²) < 4.78 is 51.5. The number of hydrogen-bond acceptors (Lipinski definition) is 10. The van der Waals surface area contributed by atoms with Gasteiger partial charge in [-0.05, 0) is 67.2 Å². The van der Waals surface area contributed by atoms with Gasteiger partial charge >= 0.3 is 16.2 Å². The predicted octanol–water partition coefficient (Wildman–Crippen LogP) is 6.41. The quantitative estimate of drug-likeness (QED) is 0.268. The van der Waals surface area contributed by atoms with Crippen molar-refractivity contribution in [2.45, 2.75) is 103 Å². The van der Waals surface area contributed by atoms with Crippen LogP contribution >= 0.6 is 0 Å². The molecule has 0 aliphatic carbocycles. The third-order valence-electron chi connectivity index (χ3n) is 9.64. The molecule has 0 bridgehead atoms. The van der Waals surface area contributed by atoms with E-state index in [9.17, 15) is 13.2 Å². The fourth-order valence-corrected chi connectivity index (χ4v) is 8.20. The van der Waals surface area contributed by atoms with Gasteiger partial charge in [0.2, 0.25) is 5.88 Å². The van der Waals surface area contributed by atoms with E-state index in [2.05, 4.69) is 23.8 Å². The molecule has 5 rings (SSSR count). The molecule has 3 heterocycles. The number of carbonyl (C=O) groups excluding carboxylic acids is 1. The molecule has 1 aromatic heterocycles. The second-order valence-electron chi connectivity index (χ2n) is 13.9. The summed E-state index contributed by atoms with van der Waals surface area (Å²) in [4.78, 5) is 24.1. The predicted molar refractivity (Wildman–Crippen MR) is 180 cm³/mol. The molecule has 2 atom stereocenters. The molecule has 1 spiro atoms. The number of hydrogen-bond donors (Lipinski definition) is 1. The van der Waals surface area contributed by atoms with Crippen molar-refractivity contribution in [1.82, 2.24) is 14.9 Å². The molecular weight excluding hydrogens is 620 g/mol. The summed E-state index contributed by atoms with van der Waals surface area (Å²) in [7, 11) is -2.90. The molecule has 0 saturated carbocycles. The number of aromatic nitrogens is 2. The molecule has 2 aromatic carbocycles. The normalized spacial score (nSPS) is 19.7. The van der Waals surface area contributed by atoms with E-state index in [0.717, 1.165) is 5.56 Å². The maximum absolute atomic E-state index is 14.2. The highest BCUT2D eigenvalue weighted by atomic mass is 32.2. The van der Waals surface area contributed by atoms with E-state index >= 15 is 0 Å². The Kier molecular flexibility index (Phi) is 9.79. The van der Waals surface area contributed by atoms with Crippen molar-refractivity contribution in [2.75, 3.05) is 26.8 Å². The molecule has 1 amide bonds. The molecule has 2 fully saturated rings. The van der Waals surface area contributed by atoms with Gasteiger partial charge in [-0.2, -0.15) is 13.4 Å². The lowest BCUT2D eigenvalue weighted by Gasteiger charge is -2.40. The van der Waals surface area contributed by atoms with Crippen LogP contribution in [0, 0.1) is 12.3 Å². The van der Waals surface area contributed by atoms with Crippen LogP contribution in [0.5, 0.6) is 17.4 Å². The summed E-state index contributed by atoms with van der Waals surface area (Å²) in [6.45, 7) is 17.2. The maximum Gasteiger partial charge on any atom is 0.415 e. The number of methoxy groups -OCH3 is 1. The van der Waals surface area contributed by atoms with Crippen molar-refractivity contribution < 1.29 is 31.6 Å². The highest BCUT2D eigenvalue weighted by molar-refractivity contribution is 7.87. The topological polar surface area (TPSA) is 143 Å². The van der Waals surface area contributed by atoms with Crippen LogP contribution < -0.4 is 19.4 Å². The average molecular weight is 669 g/mol. The van der Waals surface area contributed by atoms with Crippen molar-refractivity contribution in [3.05, 3.63) is 46.8 Å². The van der Waals surface area contributed by atoms with Crippen molar-refractivity contribution in [2.24, 2.45) is 11.1 Å². The second-order valence-corrected chi connectivity index (χ2v) is 15.4. The van der Waals surface area contributed by atoms with Gasteiger partial charge in [0.1, 0.15) is 10.7 Å².